The van der Waals surface area contributed by atoms with Crippen molar-refractivity contribution >= 4 is 50.3 Å². The molecule has 0 unspecified atom stereocenters. The average Bonchev–Trinajstić information content (AvgIpc) is 2.95. The Morgan fingerprint density at radius 1 is 1.33 bits per heavy atom. The highest BCUT2D eigenvalue weighted by molar-refractivity contribution is 9.10. The summed E-state index contributed by atoms with van der Waals surface area (Å²) in [7, 11) is 1.60. The molecule has 0 spiro atoms. The van der Waals surface area contributed by atoms with Crippen molar-refractivity contribution in [2.75, 3.05) is 18.2 Å². The van der Waals surface area contributed by atoms with E-state index in [1.165, 1.54) is 17.3 Å². The lowest BCUT2D eigenvalue weighted by atomic mass is 10.2. The summed E-state index contributed by atoms with van der Waals surface area (Å²) in [5.74, 6) is 0.913. The Labute approximate surface area is 152 Å². The second-order valence-corrected chi connectivity index (χ2v) is 7.07. The molecule has 1 amide bonds. The number of halogens is 1. The van der Waals surface area contributed by atoms with Crippen LogP contribution in [0, 0.1) is 6.92 Å². The average molecular weight is 406 g/mol. The largest absolute Gasteiger partial charge is 0.496 e. The molecule has 1 aromatic heterocycles. The SMILES string of the molecule is COc1ccc(NC(=O)CSc2nc3ccc(C)cc3[nH]2)cc1Br. The number of carbonyl (C=O) groups is 1. The molecule has 3 rings (SSSR count). The molecule has 0 aliphatic rings. The molecule has 124 valence electrons. The van der Waals surface area contributed by atoms with Gasteiger partial charge in [0.05, 0.1) is 28.4 Å². The molecule has 0 aliphatic heterocycles. The van der Waals surface area contributed by atoms with E-state index >= 15 is 0 Å². The number of H-pyrrole nitrogens is 1. The number of benzene rings is 2. The third kappa shape index (κ3) is 3.91. The van der Waals surface area contributed by atoms with Gasteiger partial charge < -0.3 is 15.0 Å². The lowest BCUT2D eigenvalue weighted by Gasteiger charge is -2.07. The predicted molar refractivity (Wildman–Crippen MR) is 101 cm³/mol. The fourth-order valence-electron chi connectivity index (χ4n) is 2.24. The number of carbonyl (C=O) groups excluding carboxylic acids is 1. The number of hydrogen-bond donors (Lipinski definition) is 2. The third-order valence-corrected chi connectivity index (χ3v) is 4.88. The lowest BCUT2D eigenvalue weighted by Crippen LogP contribution is -2.14. The Morgan fingerprint density at radius 2 is 2.17 bits per heavy atom. The summed E-state index contributed by atoms with van der Waals surface area (Å²) in [6, 6.07) is 11.4. The minimum Gasteiger partial charge on any atom is -0.496 e. The number of amides is 1. The van der Waals surface area contributed by atoms with Gasteiger partial charge in [-0.15, -0.1) is 0 Å². The number of fused-ring (bicyclic) bond motifs is 1. The van der Waals surface area contributed by atoms with Crippen molar-refractivity contribution in [1.82, 2.24) is 9.97 Å². The first-order valence-corrected chi connectivity index (χ1v) is 9.05. The number of hydrogen-bond acceptors (Lipinski definition) is 4. The Morgan fingerprint density at radius 3 is 2.92 bits per heavy atom. The van der Waals surface area contributed by atoms with E-state index in [-0.39, 0.29) is 11.7 Å². The topological polar surface area (TPSA) is 67.0 Å². The van der Waals surface area contributed by atoms with Gasteiger partial charge in [0.1, 0.15) is 5.75 Å². The number of imidazole rings is 1. The van der Waals surface area contributed by atoms with Crippen LogP contribution in [0.1, 0.15) is 5.56 Å². The minimum absolute atomic E-state index is 0.0892. The van der Waals surface area contributed by atoms with Gasteiger partial charge in [-0.1, -0.05) is 17.8 Å². The van der Waals surface area contributed by atoms with Crippen LogP contribution in [0.25, 0.3) is 11.0 Å². The first-order valence-electron chi connectivity index (χ1n) is 7.28. The molecular formula is C17H16BrN3O2S. The molecule has 0 aliphatic carbocycles. The minimum atomic E-state index is -0.0892. The Hall–Kier alpha value is -1.99. The highest BCUT2D eigenvalue weighted by Crippen LogP contribution is 2.28. The van der Waals surface area contributed by atoms with Crippen molar-refractivity contribution in [3.8, 4) is 5.75 Å². The molecule has 24 heavy (non-hydrogen) atoms. The molecule has 0 saturated heterocycles. The molecule has 7 heteroatoms. The van der Waals surface area contributed by atoms with E-state index in [0.717, 1.165) is 26.4 Å². The van der Waals surface area contributed by atoms with Crippen LogP contribution in [0.15, 0.2) is 46.0 Å². The zero-order chi connectivity index (χ0) is 17.1. The van der Waals surface area contributed by atoms with Crippen molar-refractivity contribution < 1.29 is 9.53 Å². The second kappa shape index (κ2) is 7.27. The van der Waals surface area contributed by atoms with Crippen LogP contribution in [0.3, 0.4) is 0 Å². The number of aryl methyl sites for hydroxylation is 1. The summed E-state index contributed by atoms with van der Waals surface area (Å²) in [6.07, 6.45) is 0. The Kier molecular flexibility index (Phi) is 5.11. The number of nitrogens with zero attached hydrogens (tertiary/aromatic N) is 1. The van der Waals surface area contributed by atoms with Crippen LogP contribution in [0.5, 0.6) is 5.75 Å². The molecule has 2 aromatic carbocycles. The molecule has 1 heterocycles. The standard InChI is InChI=1S/C17H16BrN3O2S/c1-10-3-5-13-14(7-10)21-17(20-13)24-9-16(22)19-11-4-6-15(23-2)12(18)8-11/h3-8H,9H2,1-2H3,(H,19,22)(H,20,21). The number of anilines is 1. The molecule has 5 nitrogen and oxygen atoms in total. The van der Waals surface area contributed by atoms with Crippen LogP contribution in [0.4, 0.5) is 5.69 Å². The smallest absolute Gasteiger partial charge is 0.234 e. The Bertz CT molecular complexity index is 895. The summed E-state index contributed by atoms with van der Waals surface area (Å²) in [5.41, 5.74) is 3.78. The van der Waals surface area contributed by atoms with Crippen LogP contribution < -0.4 is 10.1 Å². The van der Waals surface area contributed by atoms with E-state index in [4.69, 9.17) is 4.74 Å². The molecule has 0 atom stereocenters. The summed E-state index contributed by atoms with van der Waals surface area (Å²) >= 11 is 4.78. The molecular weight excluding hydrogens is 390 g/mol. The van der Waals surface area contributed by atoms with Gasteiger partial charge in [-0.25, -0.2) is 4.98 Å². The number of rotatable bonds is 5. The summed E-state index contributed by atoms with van der Waals surface area (Å²) in [5, 5.41) is 3.60. The van der Waals surface area contributed by atoms with Crippen LogP contribution in [-0.4, -0.2) is 28.7 Å². The number of methoxy groups -OCH3 is 1. The third-order valence-electron chi connectivity index (χ3n) is 3.39. The van der Waals surface area contributed by atoms with E-state index in [1.807, 2.05) is 31.2 Å². The van der Waals surface area contributed by atoms with Crippen molar-refractivity contribution in [3.63, 3.8) is 0 Å². The number of aromatic nitrogens is 2. The summed E-state index contributed by atoms with van der Waals surface area (Å²) < 4.78 is 5.97. The first kappa shape index (κ1) is 16.9. The molecule has 2 N–H and O–H groups in total. The van der Waals surface area contributed by atoms with Gasteiger partial charge in [0.15, 0.2) is 5.16 Å². The number of aromatic amines is 1. The highest BCUT2D eigenvalue weighted by atomic mass is 79.9. The van der Waals surface area contributed by atoms with Crippen LogP contribution in [-0.2, 0) is 4.79 Å². The molecule has 0 saturated carbocycles. The quantitative estimate of drug-likeness (QED) is 0.618. The summed E-state index contributed by atoms with van der Waals surface area (Å²) in [4.78, 5) is 19.8. The van der Waals surface area contributed by atoms with Gasteiger partial charge in [0, 0.05) is 5.69 Å². The maximum Gasteiger partial charge on any atom is 0.234 e. The van der Waals surface area contributed by atoms with Gasteiger partial charge in [0.2, 0.25) is 5.91 Å². The Balaban J connectivity index is 1.61. The molecule has 0 radical (unpaired) electrons. The van der Waals surface area contributed by atoms with Crippen LogP contribution in [0.2, 0.25) is 0 Å². The van der Waals surface area contributed by atoms with E-state index in [0.29, 0.717) is 5.69 Å². The van der Waals surface area contributed by atoms with Gasteiger partial charge >= 0.3 is 0 Å². The van der Waals surface area contributed by atoms with E-state index in [1.54, 1.807) is 19.2 Å². The number of ether oxygens (including phenoxy) is 1. The van der Waals surface area contributed by atoms with Gasteiger partial charge in [-0.2, -0.15) is 0 Å². The van der Waals surface area contributed by atoms with Crippen molar-refractivity contribution in [2.24, 2.45) is 0 Å². The zero-order valence-electron chi connectivity index (χ0n) is 13.2. The zero-order valence-corrected chi connectivity index (χ0v) is 15.6. The maximum atomic E-state index is 12.1. The van der Waals surface area contributed by atoms with Gasteiger partial charge in [0.25, 0.3) is 0 Å². The second-order valence-electron chi connectivity index (χ2n) is 5.25. The van der Waals surface area contributed by atoms with Crippen molar-refractivity contribution in [2.45, 2.75) is 12.1 Å². The van der Waals surface area contributed by atoms with Crippen molar-refractivity contribution in [3.05, 3.63) is 46.4 Å². The summed E-state index contributed by atoms with van der Waals surface area (Å²) in [6.45, 7) is 2.04. The van der Waals surface area contributed by atoms with E-state index in [9.17, 15) is 4.79 Å². The van der Waals surface area contributed by atoms with Crippen molar-refractivity contribution in [1.29, 1.82) is 0 Å². The normalized spacial score (nSPS) is 10.8. The fraction of sp³-hybridized carbons (Fsp3) is 0.176. The van der Waals surface area contributed by atoms with E-state index < -0.39 is 0 Å². The van der Waals surface area contributed by atoms with Gasteiger partial charge in [-0.05, 0) is 58.7 Å². The van der Waals surface area contributed by atoms with E-state index in [2.05, 4.69) is 31.2 Å². The lowest BCUT2D eigenvalue weighted by molar-refractivity contribution is -0.113. The predicted octanol–water partition coefficient (Wildman–Crippen LogP) is 4.37. The highest BCUT2D eigenvalue weighted by Gasteiger charge is 2.09. The number of thioether (sulfide) groups is 1. The first-order chi connectivity index (χ1) is 11.5. The fourth-order valence-corrected chi connectivity index (χ4v) is 3.47. The molecule has 3 aromatic rings. The monoisotopic (exact) mass is 405 g/mol. The number of nitrogens with one attached hydrogen (secondary N) is 2. The van der Waals surface area contributed by atoms with Gasteiger partial charge in [-0.3, -0.25) is 4.79 Å². The molecule has 0 fully saturated rings. The molecule has 0 bridgehead atoms. The van der Waals surface area contributed by atoms with Crippen LogP contribution >= 0.6 is 27.7 Å². The maximum absolute atomic E-state index is 12.1.